The van der Waals surface area contributed by atoms with Crippen LogP contribution in [0.25, 0.3) is 0 Å². The van der Waals surface area contributed by atoms with Crippen molar-refractivity contribution in [3.63, 3.8) is 0 Å². The highest BCUT2D eigenvalue weighted by Gasteiger charge is 2.13. The normalized spacial score (nSPS) is 10.0. The van der Waals surface area contributed by atoms with Crippen LogP contribution in [0.3, 0.4) is 0 Å². The van der Waals surface area contributed by atoms with Crippen LogP contribution in [0.2, 0.25) is 0 Å². The van der Waals surface area contributed by atoms with Gasteiger partial charge in [0.25, 0.3) is 5.69 Å². The molecule has 25 heavy (non-hydrogen) atoms. The molecule has 0 bridgehead atoms. The van der Waals surface area contributed by atoms with Crippen LogP contribution in [0.15, 0.2) is 36.4 Å². The zero-order chi connectivity index (χ0) is 18.4. The number of benzene rings is 2. The summed E-state index contributed by atoms with van der Waals surface area (Å²) in [6.45, 7) is 3.88. The van der Waals surface area contributed by atoms with Crippen LogP contribution in [0.5, 0.6) is 11.5 Å². The van der Waals surface area contributed by atoms with Crippen LogP contribution in [-0.4, -0.2) is 24.8 Å². The number of nitrogens with zero attached hydrogens (tertiary/aromatic N) is 1. The molecule has 0 radical (unpaired) electrons. The zero-order valence-corrected chi connectivity index (χ0v) is 14.2. The molecule has 0 heterocycles. The third kappa shape index (κ3) is 4.84. The second-order valence-electron chi connectivity index (χ2n) is 5.33. The van der Waals surface area contributed by atoms with Crippen LogP contribution in [0, 0.1) is 24.0 Å². The van der Waals surface area contributed by atoms with Gasteiger partial charge in [0, 0.05) is 6.07 Å². The van der Waals surface area contributed by atoms with E-state index in [1.54, 1.807) is 0 Å². The van der Waals surface area contributed by atoms with E-state index < -0.39 is 11.0 Å². The van der Waals surface area contributed by atoms with Crippen LogP contribution in [0.1, 0.15) is 11.1 Å². The lowest BCUT2D eigenvalue weighted by atomic mass is 10.1. The number of nitro benzene ring substituents is 1. The van der Waals surface area contributed by atoms with Crippen molar-refractivity contribution >= 4 is 17.4 Å². The molecule has 0 atom stereocenters. The molecule has 0 aliphatic carbocycles. The number of amides is 2. The molecule has 0 saturated heterocycles. The van der Waals surface area contributed by atoms with Gasteiger partial charge in [-0.15, -0.1) is 0 Å². The standard InChI is InChI=1S/C17H19N3O5/c1-11-4-7-15(12(2)8-11)25-10-18-17(21)19-14-6-5-13(20(22)23)9-16(14)24-3/h4-9H,10H2,1-3H3,(H2,18,19,21). The summed E-state index contributed by atoms with van der Waals surface area (Å²) in [5.41, 5.74) is 2.29. The first-order valence-electron chi connectivity index (χ1n) is 7.48. The fraction of sp³-hybridized carbons (Fsp3) is 0.235. The number of methoxy groups -OCH3 is 1. The zero-order valence-electron chi connectivity index (χ0n) is 14.2. The third-order valence-electron chi connectivity index (χ3n) is 3.43. The van der Waals surface area contributed by atoms with Crippen molar-refractivity contribution in [3.8, 4) is 11.5 Å². The molecule has 0 spiro atoms. The molecule has 0 unspecified atom stereocenters. The fourth-order valence-corrected chi connectivity index (χ4v) is 2.20. The van der Waals surface area contributed by atoms with Crippen LogP contribution < -0.4 is 20.1 Å². The van der Waals surface area contributed by atoms with Crippen molar-refractivity contribution in [2.75, 3.05) is 19.2 Å². The van der Waals surface area contributed by atoms with Crippen molar-refractivity contribution in [2.45, 2.75) is 13.8 Å². The lowest BCUT2D eigenvalue weighted by Crippen LogP contribution is -2.32. The first-order chi connectivity index (χ1) is 11.9. The molecular weight excluding hydrogens is 326 g/mol. The van der Waals surface area contributed by atoms with Gasteiger partial charge >= 0.3 is 6.03 Å². The summed E-state index contributed by atoms with van der Waals surface area (Å²) in [6.07, 6.45) is 0. The SMILES string of the molecule is COc1cc([N+](=O)[O-])ccc1NC(=O)NCOc1ccc(C)cc1C. The Balaban J connectivity index is 1.93. The van der Waals surface area contributed by atoms with E-state index in [1.807, 2.05) is 32.0 Å². The predicted molar refractivity (Wildman–Crippen MR) is 93.2 cm³/mol. The molecule has 2 aromatic carbocycles. The van der Waals surface area contributed by atoms with Gasteiger partial charge in [0.05, 0.1) is 23.8 Å². The molecule has 0 aliphatic heterocycles. The minimum atomic E-state index is -0.538. The number of hydrogen-bond donors (Lipinski definition) is 2. The Morgan fingerprint density at radius 1 is 1.16 bits per heavy atom. The van der Waals surface area contributed by atoms with Crippen molar-refractivity contribution in [1.29, 1.82) is 0 Å². The first-order valence-corrected chi connectivity index (χ1v) is 7.48. The molecule has 2 rings (SSSR count). The van der Waals surface area contributed by atoms with Crippen molar-refractivity contribution < 1.29 is 19.2 Å². The van der Waals surface area contributed by atoms with E-state index in [2.05, 4.69) is 10.6 Å². The van der Waals surface area contributed by atoms with Gasteiger partial charge in [0.15, 0.2) is 6.73 Å². The van der Waals surface area contributed by atoms with E-state index in [0.29, 0.717) is 11.4 Å². The van der Waals surface area contributed by atoms with Crippen LogP contribution in [0.4, 0.5) is 16.2 Å². The number of hydrogen-bond acceptors (Lipinski definition) is 5. The fourth-order valence-electron chi connectivity index (χ4n) is 2.20. The van der Waals surface area contributed by atoms with Gasteiger partial charge in [-0.3, -0.25) is 10.1 Å². The second-order valence-corrected chi connectivity index (χ2v) is 5.33. The third-order valence-corrected chi connectivity index (χ3v) is 3.43. The lowest BCUT2D eigenvalue weighted by Gasteiger charge is -2.13. The molecule has 0 aromatic heterocycles. The molecule has 8 heteroatoms. The predicted octanol–water partition coefficient (Wildman–Crippen LogP) is 3.38. The number of ether oxygens (including phenoxy) is 2. The summed E-state index contributed by atoms with van der Waals surface area (Å²) in [5.74, 6) is 0.874. The average Bonchev–Trinajstić information content (AvgIpc) is 2.57. The summed E-state index contributed by atoms with van der Waals surface area (Å²) >= 11 is 0. The maximum absolute atomic E-state index is 11.9. The van der Waals surface area contributed by atoms with Gasteiger partial charge in [-0.1, -0.05) is 17.7 Å². The lowest BCUT2D eigenvalue weighted by molar-refractivity contribution is -0.384. The molecule has 8 nitrogen and oxygen atoms in total. The Kier molecular flexibility index (Phi) is 5.78. The Hall–Kier alpha value is -3.29. The smallest absolute Gasteiger partial charge is 0.321 e. The minimum Gasteiger partial charge on any atom is -0.494 e. The Labute approximate surface area is 144 Å². The molecule has 2 aromatic rings. The Bertz CT molecular complexity index is 792. The van der Waals surface area contributed by atoms with Crippen LogP contribution in [-0.2, 0) is 0 Å². The van der Waals surface area contributed by atoms with E-state index in [9.17, 15) is 14.9 Å². The molecular formula is C17H19N3O5. The highest BCUT2D eigenvalue weighted by Crippen LogP contribution is 2.28. The van der Waals surface area contributed by atoms with Gasteiger partial charge in [0.2, 0.25) is 0 Å². The molecule has 132 valence electrons. The number of non-ortho nitro benzene ring substituents is 1. The molecule has 0 aliphatic rings. The summed E-state index contributed by atoms with van der Waals surface area (Å²) in [7, 11) is 1.37. The van der Waals surface area contributed by atoms with Crippen LogP contribution >= 0.6 is 0 Å². The maximum atomic E-state index is 11.9. The Morgan fingerprint density at radius 2 is 1.92 bits per heavy atom. The van der Waals surface area contributed by atoms with E-state index in [4.69, 9.17) is 9.47 Å². The summed E-state index contributed by atoms with van der Waals surface area (Å²) in [4.78, 5) is 22.2. The van der Waals surface area contributed by atoms with Gasteiger partial charge < -0.3 is 20.1 Å². The second kappa shape index (κ2) is 8.00. The van der Waals surface area contributed by atoms with E-state index >= 15 is 0 Å². The molecule has 0 saturated carbocycles. The average molecular weight is 345 g/mol. The van der Waals surface area contributed by atoms with Crippen molar-refractivity contribution in [1.82, 2.24) is 5.32 Å². The van der Waals surface area contributed by atoms with Crippen molar-refractivity contribution in [3.05, 3.63) is 57.6 Å². The topological polar surface area (TPSA) is 103 Å². The number of aryl methyl sites for hydroxylation is 2. The molecule has 2 N–H and O–H groups in total. The quantitative estimate of drug-likeness (QED) is 0.475. The minimum absolute atomic E-state index is 0.0228. The first kappa shape index (κ1) is 18.1. The largest absolute Gasteiger partial charge is 0.494 e. The summed E-state index contributed by atoms with van der Waals surface area (Å²) < 4.78 is 10.6. The number of rotatable bonds is 6. The number of anilines is 1. The monoisotopic (exact) mass is 345 g/mol. The van der Waals surface area contributed by atoms with E-state index in [-0.39, 0.29) is 18.2 Å². The van der Waals surface area contributed by atoms with Crippen molar-refractivity contribution in [2.24, 2.45) is 0 Å². The number of carbonyl (C=O) groups is 1. The highest BCUT2D eigenvalue weighted by molar-refractivity contribution is 5.91. The molecule has 2 amide bonds. The van der Waals surface area contributed by atoms with Gasteiger partial charge in [-0.2, -0.15) is 0 Å². The van der Waals surface area contributed by atoms with Gasteiger partial charge in [0.1, 0.15) is 11.5 Å². The summed E-state index contributed by atoms with van der Waals surface area (Å²) in [6, 6.07) is 9.15. The summed E-state index contributed by atoms with van der Waals surface area (Å²) in [5, 5.41) is 15.9. The van der Waals surface area contributed by atoms with Gasteiger partial charge in [-0.05, 0) is 31.5 Å². The van der Waals surface area contributed by atoms with Gasteiger partial charge in [-0.25, -0.2) is 4.79 Å². The molecule has 0 fully saturated rings. The highest BCUT2D eigenvalue weighted by atomic mass is 16.6. The number of urea groups is 1. The number of carbonyl (C=O) groups excluding carboxylic acids is 1. The van der Waals surface area contributed by atoms with E-state index in [1.165, 1.54) is 25.3 Å². The number of nitro groups is 1. The maximum Gasteiger partial charge on any atom is 0.321 e. The Morgan fingerprint density at radius 3 is 2.56 bits per heavy atom. The number of nitrogens with one attached hydrogen (secondary N) is 2. The van der Waals surface area contributed by atoms with E-state index in [0.717, 1.165) is 11.1 Å².